The number of aryl methyl sites for hydroxylation is 1. The summed E-state index contributed by atoms with van der Waals surface area (Å²) in [6.45, 7) is 1.78. The fourth-order valence-corrected chi connectivity index (χ4v) is 3.02. The standard InChI is InChI=1S/C22H17NO3/c1-15-23-19-14-18(12-13-20(19)25-15)26-22(24)21(16-8-4-2-5-9-16)17-10-6-3-7-11-17/h2-14,21H,1H3. The highest BCUT2D eigenvalue weighted by atomic mass is 16.5. The quantitative estimate of drug-likeness (QED) is 0.392. The highest BCUT2D eigenvalue weighted by Crippen LogP contribution is 2.28. The lowest BCUT2D eigenvalue weighted by atomic mass is 9.91. The van der Waals surface area contributed by atoms with E-state index in [2.05, 4.69) is 4.98 Å². The zero-order valence-corrected chi connectivity index (χ0v) is 14.3. The van der Waals surface area contributed by atoms with Crippen molar-refractivity contribution in [1.29, 1.82) is 0 Å². The monoisotopic (exact) mass is 343 g/mol. The first-order valence-corrected chi connectivity index (χ1v) is 8.39. The maximum Gasteiger partial charge on any atom is 0.323 e. The first-order valence-electron chi connectivity index (χ1n) is 8.39. The van der Waals surface area contributed by atoms with Crippen molar-refractivity contribution in [2.75, 3.05) is 0 Å². The van der Waals surface area contributed by atoms with Crippen LogP contribution in [0.15, 0.2) is 83.3 Å². The predicted octanol–water partition coefficient (Wildman–Crippen LogP) is 4.87. The van der Waals surface area contributed by atoms with Gasteiger partial charge in [-0.1, -0.05) is 60.7 Å². The van der Waals surface area contributed by atoms with E-state index in [0.29, 0.717) is 22.7 Å². The van der Waals surface area contributed by atoms with Gasteiger partial charge >= 0.3 is 5.97 Å². The van der Waals surface area contributed by atoms with Gasteiger partial charge in [0.1, 0.15) is 17.2 Å². The topological polar surface area (TPSA) is 52.3 Å². The highest BCUT2D eigenvalue weighted by Gasteiger charge is 2.24. The van der Waals surface area contributed by atoms with Crippen molar-refractivity contribution in [3.05, 3.63) is 95.9 Å². The fraction of sp³-hybridized carbons (Fsp3) is 0.0909. The number of carbonyl (C=O) groups is 1. The average molecular weight is 343 g/mol. The summed E-state index contributed by atoms with van der Waals surface area (Å²) in [6, 6.07) is 24.5. The summed E-state index contributed by atoms with van der Waals surface area (Å²) in [5.41, 5.74) is 3.12. The minimum atomic E-state index is -0.493. The number of nitrogens with zero attached hydrogens (tertiary/aromatic N) is 1. The van der Waals surface area contributed by atoms with Gasteiger partial charge < -0.3 is 9.15 Å². The van der Waals surface area contributed by atoms with E-state index in [1.807, 2.05) is 60.7 Å². The van der Waals surface area contributed by atoms with Crippen molar-refractivity contribution in [3.8, 4) is 5.75 Å². The summed E-state index contributed by atoms with van der Waals surface area (Å²) < 4.78 is 11.1. The van der Waals surface area contributed by atoms with Crippen LogP contribution in [0, 0.1) is 6.92 Å². The Morgan fingerprint density at radius 1 is 0.923 bits per heavy atom. The number of hydrogen-bond acceptors (Lipinski definition) is 4. The number of rotatable bonds is 4. The number of aromatic nitrogens is 1. The number of fused-ring (bicyclic) bond motifs is 1. The molecule has 0 bridgehead atoms. The molecule has 4 nitrogen and oxygen atoms in total. The second-order valence-electron chi connectivity index (χ2n) is 6.04. The van der Waals surface area contributed by atoms with Crippen LogP contribution in [0.2, 0.25) is 0 Å². The van der Waals surface area contributed by atoms with E-state index in [9.17, 15) is 4.79 Å². The molecule has 0 unspecified atom stereocenters. The highest BCUT2D eigenvalue weighted by molar-refractivity contribution is 5.85. The van der Waals surface area contributed by atoms with Crippen LogP contribution in [0.3, 0.4) is 0 Å². The third-order valence-corrected chi connectivity index (χ3v) is 4.19. The number of ether oxygens (including phenoxy) is 1. The Bertz CT molecular complexity index is 999. The fourth-order valence-electron chi connectivity index (χ4n) is 3.02. The lowest BCUT2D eigenvalue weighted by Crippen LogP contribution is -2.20. The van der Waals surface area contributed by atoms with Crippen LogP contribution in [0.4, 0.5) is 0 Å². The van der Waals surface area contributed by atoms with Gasteiger partial charge in [0.15, 0.2) is 11.5 Å². The molecule has 0 saturated carbocycles. The van der Waals surface area contributed by atoms with Crippen LogP contribution >= 0.6 is 0 Å². The first kappa shape index (κ1) is 16.1. The Kier molecular flexibility index (Phi) is 4.23. The molecule has 0 N–H and O–H groups in total. The molecule has 26 heavy (non-hydrogen) atoms. The van der Waals surface area contributed by atoms with Crippen molar-refractivity contribution in [2.24, 2.45) is 0 Å². The summed E-state index contributed by atoms with van der Waals surface area (Å²) in [4.78, 5) is 17.3. The molecule has 0 atom stereocenters. The second-order valence-corrected chi connectivity index (χ2v) is 6.04. The Morgan fingerprint density at radius 3 is 2.15 bits per heavy atom. The van der Waals surface area contributed by atoms with Crippen LogP contribution in [-0.2, 0) is 4.79 Å². The van der Waals surface area contributed by atoms with Crippen LogP contribution < -0.4 is 4.74 Å². The van der Waals surface area contributed by atoms with E-state index in [0.717, 1.165) is 11.1 Å². The van der Waals surface area contributed by atoms with E-state index in [-0.39, 0.29) is 5.97 Å². The zero-order chi connectivity index (χ0) is 17.9. The molecule has 0 radical (unpaired) electrons. The van der Waals surface area contributed by atoms with Gasteiger partial charge in [-0.2, -0.15) is 0 Å². The number of oxazole rings is 1. The molecule has 3 aromatic carbocycles. The predicted molar refractivity (Wildman–Crippen MR) is 99.1 cm³/mol. The molecule has 0 spiro atoms. The first-order chi connectivity index (χ1) is 12.7. The molecule has 4 aromatic rings. The van der Waals surface area contributed by atoms with Crippen molar-refractivity contribution >= 4 is 17.1 Å². The van der Waals surface area contributed by atoms with Crippen molar-refractivity contribution in [1.82, 2.24) is 4.98 Å². The van der Waals surface area contributed by atoms with Crippen LogP contribution in [0.1, 0.15) is 22.9 Å². The van der Waals surface area contributed by atoms with E-state index in [4.69, 9.17) is 9.15 Å². The van der Waals surface area contributed by atoms with Crippen molar-refractivity contribution < 1.29 is 13.9 Å². The van der Waals surface area contributed by atoms with E-state index in [1.54, 1.807) is 25.1 Å². The largest absolute Gasteiger partial charge is 0.441 e. The zero-order valence-electron chi connectivity index (χ0n) is 14.3. The number of hydrogen-bond donors (Lipinski definition) is 0. The molecule has 128 valence electrons. The molecule has 0 saturated heterocycles. The molecule has 0 amide bonds. The summed E-state index contributed by atoms with van der Waals surface area (Å²) in [6.07, 6.45) is 0. The second kappa shape index (κ2) is 6.84. The summed E-state index contributed by atoms with van der Waals surface area (Å²) >= 11 is 0. The molecule has 1 aromatic heterocycles. The van der Waals surface area contributed by atoms with Crippen LogP contribution in [0.5, 0.6) is 5.75 Å². The molecule has 0 fully saturated rings. The number of esters is 1. The summed E-state index contributed by atoms with van der Waals surface area (Å²) in [5, 5.41) is 0. The maximum absolute atomic E-state index is 13.0. The smallest absolute Gasteiger partial charge is 0.323 e. The van der Waals surface area contributed by atoms with Gasteiger partial charge in [-0.3, -0.25) is 4.79 Å². The maximum atomic E-state index is 13.0. The lowest BCUT2D eigenvalue weighted by molar-refractivity contribution is -0.135. The minimum absolute atomic E-state index is 0.332. The third kappa shape index (κ3) is 3.22. The van der Waals surface area contributed by atoms with Gasteiger partial charge in [-0.25, -0.2) is 4.98 Å². The van der Waals surface area contributed by atoms with Gasteiger partial charge in [0, 0.05) is 13.0 Å². The Balaban J connectivity index is 1.67. The van der Waals surface area contributed by atoms with Crippen LogP contribution in [-0.4, -0.2) is 11.0 Å². The molecule has 4 heteroatoms. The lowest BCUT2D eigenvalue weighted by Gasteiger charge is -2.16. The molecule has 0 aliphatic carbocycles. The van der Waals surface area contributed by atoms with Gasteiger partial charge in [0.25, 0.3) is 0 Å². The summed E-state index contributed by atoms with van der Waals surface area (Å²) in [7, 11) is 0. The average Bonchev–Trinajstić information content (AvgIpc) is 3.03. The Hall–Kier alpha value is -3.40. The van der Waals surface area contributed by atoms with Gasteiger partial charge in [-0.05, 0) is 23.3 Å². The molecule has 0 aliphatic rings. The normalized spacial score (nSPS) is 11.0. The SMILES string of the molecule is Cc1nc2cc(OC(=O)C(c3ccccc3)c3ccccc3)ccc2o1. The van der Waals surface area contributed by atoms with Crippen molar-refractivity contribution in [2.45, 2.75) is 12.8 Å². The van der Waals surface area contributed by atoms with Crippen LogP contribution in [0.25, 0.3) is 11.1 Å². The van der Waals surface area contributed by atoms with E-state index in [1.165, 1.54) is 0 Å². The molecule has 0 aliphatic heterocycles. The minimum Gasteiger partial charge on any atom is -0.441 e. The molecular weight excluding hydrogens is 326 g/mol. The number of carbonyl (C=O) groups excluding carboxylic acids is 1. The third-order valence-electron chi connectivity index (χ3n) is 4.19. The molecule has 1 heterocycles. The van der Waals surface area contributed by atoms with Gasteiger partial charge in [0.05, 0.1) is 0 Å². The number of benzene rings is 3. The van der Waals surface area contributed by atoms with E-state index < -0.39 is 5.92 Å². The van der Waals surface area contributed by atoms with Crippen molar-refractivity contribution in [3.63, 3.8) is 0 Å². The molecule has 4 rings (SSSR count). The summed E-state index contributed by atoms with van der Waals surface area (Å²) in [5.74, 6) is 0.205. The Labute approximate surface area is 151 Å². The van der Waals surface area contributed by atoms with Gasteiger partial charge in [0.2, 0.25) is 0 Å². The molecular formula is C22H17NO3. The van der Waals surface area contributed by atoms with Gasteiger partial charge in [-0.15, -0.1) is 0 Å². The van der Waals surface area contributed by atoms with E-state index >= 15 is 0 Å². The Morgan fingerprint density at radius 2 is 1.54 bits per heavy atom.